The van der Waals surface area contributed by atoms with Gasteiger partial charge in [0.2, 0.25) is 0 Å². The summed E-state index contributed by atoms with van der Waals surface area (Å²) in [6, 6.07) is 0. The van der Waals surface area contributed by atoms with Gasteiger partial charge in [0.05, 0.1) is 5.60 Å². The van der Waals surface area contributed by atoms with Gasteiger partial charge in [-0.2, -0.15) is 0 Å². The Labute approximate surface area is 94.3 Å². The molecule has 0 radical (unpaired) electrons. The molecule has 0 aromatic carbocycles. The molecule has 1 heteroatoms. The molecular formula is C14H26O. The maximum atomic E-state index is 10.6. The third-order valence-electron chi connectivity index (χ3n) is 4.64. The molecule has 0 heterocycles. The van der Waals surface area contributed by atoms with Crippen molar-refractivity contribution in [2.24, 2.45) is 17.8 Å². The van der Waals surface area contributed by atoms with E-state index in [-0.39, 0.29) is 5.60 Å². The first-order valence-electron chi connectivity index (χ1n) is 6.84. The van der Waals surface area contributed by atoms with Crippen molar-refractivity contribution in [1.82, 2.24) is 0 Å². The maximum absolute atomic E-state index is 10.6. The van der Waals surface area contributed by atoms with Gasteiger partial charge >= 0.3 is 0 Å². The van der Waals surface area contributed by atoms with Crippen LogP contribution in [-0.4, -0.2) is 10.7 Å². The second-order valence-corrected chi connectivity index (χ2v) is 6.14. The first kappa shape index (κ1) is 11.4. The van der Waals surface area contributed by atoms with Gasteiger partial charge in [-0.25, -0.2) is 0 Å². The van der Waals surface area contributed by atoms with Crippen LogP contribution in [-0.2, 0) is 0 Å². The maximum Gasteiger partial charge on any atom is 0.0650 e. The van der Waals surface area contributed by atoms with Crippen molar-refractivity contribution in [3.8, 4) is 0 Å². The summed E-state index contributed by atoms with van der Waals surface area (Å²) in [5, 5.41) is 10.6. The fraction of sp³-hybridized carbons (Fsp3) is 1.00. The summed E-state index contributed by atoms with van der Waals surface area (Å²) in [7, 11) is 0. The molecule has 0 saturated heterocycles. The predicted octanol–water partition coefficient (Wildman–Crippen LogP) is 3.75. The summed E-state index contributed by atoms with van der Waals surface area (Å²) in [5.41, 5.74) is -0.366. The normalized spacial score (nSPS) is 36.2. The summed E-state index contributed by atoms with van der Waals surface area (Å²) in [6.45, 7) is 4.39. The van der Waals surface area contributed by atoms with Gasteiger partial charge in [0.15, 0.2) is 0 Å². The summed E-state index contributed by atoms with van der Waals surface area (Å²) >= 11 is 0. The van der Waals surface area contributed by atoms with E-state index in [1.807, 2.05) is 0 Å². The standard InChI is InChI=1S/C14H26O/c1-3-11-5-4-6-13(9-11)14(2,15)10-12-7-8-12/h11-13,15H,3-10H2,1-2H3. The van der Waals surface area contributed by atoms with Crippen molar-refractivity contribution in [3.63, 3.8) is 0 Å². The zero-order valence-corrected chi connectivity index (χ0v) is 10.3. The minimum Gasteiger partial charge on any atom is -0.390 e. The molecule has 0 aromatic rings. The first-order chi connectivity index (χ1) is 7.12. The van der Waals surface area contributed by atoms with Crippen molar-refractivity contribution >= 4 is 0 Å². The second kappa shape index (κ2) is 4.45. The van der Waals surface area contributed by atoms with Crippen molar-refractivity contribution in [2.45, 2.75) is 70.8 Å². The van der Waals surface area contributed by atoms with Gasteiger partial charge in [0, 0.05) is 0 Å². The molecule has 0 aromatic heterocycles. The van der Waals surface area contributed by atoms with E-state index in [2.05, 4.69) is 13.8 Å². The minimum absolute atomic E-state index is 0.366. The highest BCUT2D eigenvalue weighted by molar-refractivity contribution is 4.91. The highest BCUT2D eigenvalue weighted by Gasteiger charge is 2.39. The Bertz CT molecular complexity index is 205. The molecule has 1 nitrogen and oxygen atoms in total. The Balaban J connectivity index is 1.89. The fourth-order valence-corrected chi connectivity index (χ4v) is 3.30. The molecule has 3 unspecified atom stereocenters. The first-order valence-corrected chi connectivity index (χ1v) is 6.84. The lowest BCUT2D eigenvalue weighted by atomic mass is 9.71. The molecule has 88 valence electrons. The lowest BCUT2D eigenvalue weighted by Crippen LogP contribution is -2.38. The monoisotopic (exact) mass is 210 g/mol. The zero-order chi connectivity index (χ0) is 10.9. The summed E-state index contributed by atoms with van der Waals surface area (Å²) in [4.78, 5) is 0. The van der Waals surface area contributed by atoms with Crippen LogP contribution in [0.25, 0.3) is 0 Å². The molecular weight excluding hydrogens is 184 g/mol. The van der Waals surface area contributed by atoms with Gasteiger partial charge in [-0.1, -0.05) is 39.0 Å². The Kier molecular flexibility index (Phi) is 3.39. The Hall–Kier alpha value is -0.0400. The third-order valence-corrected chi connectivity index (χ3v) is 4.64. The highest BCUT2D eigenvalue weighted by atomic mass is 16.3. The molecule has 2 aliphatic rings. The van der Waals surface area contributed by atoms with Crippen molar-refractivity contribution in [1.29, 1.82) is 0 Å². The number of hydrogen-bond donors (Lipinski definition) is 1. The van der Waals surface area contributed by atoms with Crippen LogP contribution >= 0.6 is 0 Å². The second-order valence-electron chi connectivity index (χ2n) is 6.14. The summed E-state index contributed by atoms with van der Waals surface area (Å²) in [5.74, 6) is 2.31. The quantitative estimate of drug-likeness (QED) is 0.749. The van der Waals surface area contributed by atoms with Crippen molar-refractivity contribution < 1.29 is 5.11 Å². The largest absolute Gasteiger partial charge is 0.390 e. The van der Waals surface area contributed by atoms with Gasteiger partial charge in [-0.3, -0.25) is 0 Å². The van der Waals surface area contributed by atoms with Crippen LogP contribution in [0.15, 0.2) is 0 Å². The highest BCUT2D eigenvalue weighted by Crippen LogP contribution is 2.44. The van der Waals surface area contributed by atoms with Gasteiger partial charge in [-0.15, -0.1) is 0 Å². The van der Waals surface area contributed by atoms with Crippen LogP contribution in [0, 0.1) is 17.8 Å². The van der Waals surface area contributed by atoms with Crippen LogP contribution in [0.4, 0.5) is 0 Å². The van der Waals surface area contributed by atoms with Gasteiger partial charge in [0.25, 0.3) is 0 Å². The van der Waals surface area contributed by atoms with Crippen LogP contribution in [0.3, 0.4) is 0 Å². The molecule has 0 spiro atoms. The lowest BCUT2D eigenvalue weighted by Gasteiger charge is -2.38. The third kappa shape index (κ3) is 2.96. The van der Waals surface area contributed by atoms with Crippen molar-refractivity contribution in [2.75, 3.05) is 0 Å². The van der Waals surface area contributed by atoms with Crippen LogP contribution < -0.4 is 0 Å². The minimum atomic E-state index is -0.366. The average Bonchev–Trinajstić information content (AvgIpc) is 3.01. The zero-order valence-electron chi connectivity index (χ0n) is 10.3. The molecule has 15 heavy (non-hydrogen) atoms. The summed E-state index contributed by atoms with van der Waals surface area (Å²) in [6.07, 6.45) is 10.4. The van der Waals surface area contributed by atoms with Crippen LogP contribution in [0.1, 0.15) is 65.2 Å². The Morgan fingerprint density at radius 2 is 1.87 bits per heavy atom. The summed E-state index contributed by atoms with van der Waals surface area (Å²) < 4.78 is 0. The smallest absolute Gasteiger partial charge is 0.0650 e. The van der Waals surface area contributed by atoms with E-state index in [1.54, 1.807) is 0 Å². The molecule has 0 amide bonds. The van der Waals surface area contributed by atoms with Gasteiger partial charge < -0.3 is 5.11 Å². The molecule has 1 N–H and O–H groups in total. The molecule has 2 saturated carbocycles. The van der Waals surface area contributed by atoms with E-state index in [9.17, 15) is 5.11 Å². The van der Waals surface area contributed by atoms with E-state index in [1.165, 1.54) is 44.9 Å². The van der Waals surface area contributed by atoms with Crippen LogP contribution in [0.2, 0.25) is 0 Å². The van der Waals surface area contributed by atoms with Gasteiger partial charge in [0.1, 0.15) is 0 Å². The van der Waals surface area contributed by atoms with Gasteiger partial charge in [-0.05, 0) is 43.9 Å². The molecule has 2 rings (SSSR count). The van der Waals surface area contributed by atoms with Crippen molar-refractivity contribution in [3.05, 3.63) is 0 Å². The molecule has 3 atom stereocenters. The van der Waals surface area contributed by atoms with Crippen LogP contribution in [0.5, 0.6) is 0 Å². The Morgan fingerprint density at radius 3 is 2.47 bits per heavy atom. The topological polar surface area (TPSA) is 20.2 Å². The lowest BCUT2D eigenvalue weighted by molar-refractivity contribution is -0.0367. The van der Waals surface area contributed by atoms with E-state index in [0.717, 1.165) is 18.3 Å². The van der Waals surface area contributed by atoms with E-state index >= 15 is 0 Å². The number of hydrogen-bond acceptors (Lipinski definition) is 1. The fourth-order valence-electron chi connectivity index (χ4n) is 3.30. The predicted molar refractivity (Wildman–Crippen MR) is 63.7 cm³/mol. The molecule has 0 bridgehead atoms. The molecule has 2 aliphatic carbocycles. The number of aliphatic hydroxyl groups is 1. The van der Waals surface area contributed by atoms with E-state index in [0.29, 0.717) is 5.92 Å². The Morgan fingerprint density at radius 1 is 1.13 bits per heavy atom. The average molecular weight is 210 g/mol. The molecule has 0 aliphatic heterocycles. The molecule has 2 fully saturated rings. The van der Waals surface area contributed by atoms with E-state index < -0.39 is 0 Å². The number of rotatable bonds is 4. The van der Waals surface area contributed by atoms with E-state index in [4.69, 9.17) is 0 Å². The SMILES string of the molecule is CCC1CCCC(C(C)(O)CC2CC2)C1.